The molecule has 0 spiro atoms. The molecular weight excluding hydrogens is 258 g/mol. The summed E-state index contributed by atoms with van der Waals surface area (Å²) in [6, 6.07) is 0. The quantitative estimate of drug-likeness (QED) is 0.896. The van der Waals surface area contributed by atoms with Crippen molar-refractivity contribution in [1.29, 1.82) is 0 Å². The van der Waals surface area contributed by atoms with E-state index in [1.54, 1.807) is 11.8 Å². The standard InChI is InChI=1S/C12H14ClNO2S/c1-6(2)11-10(13)9(12(15)16)7-5-17-4-3-8(7)14-11/h6H,3-5H2,1-2H3,(H,15,16). The minimum Gasteiger partial charge on any atom is -0.478 e. The molecule has 0 fully saturated rings. The van der Waals surface area contributed by atoms with Crippen molar-refractivity contribution in [2.24, 2.45) is 0 Å². The van der Waals surface area contributed by atoms with E-state index in [2.05, 4.69) is 4.98 Å². The van der Waals surface area contributed by atoms with Crippen LogP contribution in [0.25, 0.3) is 0 Å². The van der Waals surface area contributed by atoms with Crippen molar-refractivity contribution >= 4 is 29.3 Å². The van der Waals surface area contributed by atoms with Crippen molar-refractivity contribution in [3.05, 3.63) is 27.5 Å². The van der Waals surface area contributed by atoms with Gasteiger partial charge in [0.25, 0.3) is 0 Å². The first-order valence-electron chi connectivity index (χ1n) is 5.54. The molecule has 0 amide bonds. The highest BCUT2D eigenvalue weighted by Crippen LogP contribution is 2.34. The first-order valence-corrected chi connectivity index (χ1v) is 7.07. The Balaban J connectivity index is 2.69. The summed E-state index contributed by atoms with van der Waals surface area (Å²) in [6.07, 6.45) is 0.831. The lowest BCUT2D eigenvalue weighted by Gasteiger charge is -2.20. The summed E-state index contributed by atoms with van der Waals surface area (Å²) in [6.45, 7) is 3.95. The van der Waals surface area contributed by atoms with Crippen LogP contribution in [0.4, 0.5) is 0 Å². The maximum absolute atomic E-state index is 11.3. The first kappa shape index (κ1) is 12.7. The van der Waals surface area contributed by atoms with Crippen molar-refractivity contribution < 1.29 is 9.90 Å². The molecule has 0 radical (unpaired) electrons. The molecule has 1 aromatic heterocycles. The first-order chi connectivity index (χ1) is 8.02. The molecule has 2 heterocycles. The maximum atomic E-state index is 11.3. The topological polar surface area (TPSA) is 50.2 Å². The predicted molar refractivity (Wildman–Crippen MR) is 70.2 cm³/mol. The highest BCUT2D eigenvalue weighted by atomic mass is 35.5. The fraction of sp³-hybridized carbons (Fsp3) is 0.500. The lowest BCUT2D eigenvalue weighted by Crippen LogP contribution is -2.15. The van der Waals surface area contributed by atoms with Gasteiger partial charge in [-0.3, -0.25) is 4.98 Å². The second kappa shape index (κ2) is 4.86. The van der Waals surface area contributed by atoms with Gasteiger partial charge >= 0.3 is 5.97 Å². The van der Waals surface area contributed by atoms with Crippen molar-refractivity contribution in [3.63, 3.8) is 0 Å². The average Bonchev–Trinajstić information content (AvgIpc) is 2.27. The van der Waals surface area contributed by atoms with Gasteiger partial charge in [-0.2, -0.15) is 11.8 Å². The van der Waals surface area contributed by atoms with E-state index >= 15 is 0 Å². The molecular formula is C12H14ClNO2S. The maximum Gasteiger partial charge on any atom is 0.337 e. The van der Waals surface area contributed by atoms with Crippen LogP contribution in [-0.4, -0.2) is 21.8 Å². The molecule has 0 bridgehead atoms. The van der Waals surface area contributed by atoms with E-state index in [0.717, 1.165) is 23.4 Å². The molecule has 1 aliphatic heterocycles. The molecule has 0 saturated carbocycles. The summed E-state index contributed by atoms with van der Waals surface area (Å²) < 4.78 is 0. The minimum atomic E-state index is -0.946. The Morgan fingerprint density at radius 3 is 2.82 bits per heavy atom. The third kappa shape index (κ3) is 2.29. The number of carbonyl (C=O) groups is 1. The molecule has 0 saturated heterocycles. The van der Waals surface area contributed by atoms with Crippen LogP contribution in [0.3, 0.4) is 0 Å². The second-order valence-electron chi connectivity index (χ2n) is 4.37. The molecule has 17 heavy (non-hydrogen) atoms. The van der Waals surface area contributed by atoms with E-state index in [1.807, 2.05) is 13.8 Å². The van der Waals surface area contributed by atoms with Gasteiger partial charge in [-0.15, -0.1) is 0 Å². The lowest BCUT2D eigenvalue weighted by atomic mass is 10.00. The zero-order valence-corrected chi connectivity index (χ0v) is 11.4. The van der Waals surface area contributed by atoms with Gasteiger partial charge in [0.2, 0.25) is 0 Å². The predicted octanol–water partition coefficient (Wildman–Crippen LogP) is 3.35. The van der Waals surface area contributed by atoms with E-state index in [0.29, 0.717) is 16.5 Å². The highest BCUT2D eigenvalue weighted by molar-refractivity contribution is 7.98. The molecule has 2 rings (SSSR count). The van der Waals surface area contributed by atoms with Gasteiger partial charge in [0.05, 0.1) is 16.3 Å². The number of aryl methyl sites for hydroxylation is 1. The molecule has 0 atom stereocenters. The number of fused-ring (bicyclic) bond motifs is 1. The summed E-state index contributed by atoms with van der Waals surface area (Å²) in [5, 5.41) is 9.62. The van der Waals surface area contributed by atoms with E-state index in [1.165, 1.54) is 0 Å². The van der Waals surface area contributed by atoms with Crippen LogP contribution in [0.5, 0.6) is 0 Å². The Bertz CT molecular complexity index is 474. The van der Waals surface area contributed by atoms with Crippen molar-refractivity contribution in [1.82, 2.24) is 4.98 Å². The Labute approximate surface area is 110 Å². The molecule has 5 heteroatoms. The number of rotatable bonds is 2. The largest absolute Gasteiger partial charge is 0.478 e. The molecule has 3 nitrogen and oxygen atoms in total. The monoisotopic (exact) mass is 271 g/mol. The number of hydrogen-bond acceptors (Lipinski definition) is 3. The Morgan fingerprint density at radius 1 is 1.53 bits per heavy atom. The number of halogens is 1. The van der Waals surface area contributed by atoms with Gasteiger partial charge in [0, 0.05) is 11.4 Å². The van der Waals surface area contributed by atoms with E-state index in [-0.39, 0.29) is 11.5 Å². The summed E-state index contributed by atoms with van der Waals surface area (Å²) in [5.41, 5.74) is 2.68. The zero-order chi connectivity index (χ0) is 12.6. The third-order valence-corrected chi connectivity index (χ3v) is 4.21. The van der Waals surface area contributed by atoms with Crippen LogP contribution in [0, 0.1) is 0 Å². The van der Waals surface area contributed by atoms with Crippen molar-refractivity contribution in [3.8, 4) is 0 Å². The summed E-state index contributed by atoms with van der Waals surface area (Å²) in [4.78, 5) is 15.9. The molecule has 0 aliphatic carbocycles. The van der Waals surface area contributed by atoms with E-state index in [9.17, 15) is 9.90 Å². The number of pyridine rings is 1. The number of aromatic carboxylic acids is 1. The van der Waals surface area contributed by atoms with Gasteiger partial charge in [0.1, 0.15) is 0 Å². The van der Waals surface area contributed by atoms with Crippen molar-refractivity contribution in [2.75, 3.05) is 5.75 Å². The zero-order valence-electron chi connectivity index (χ0n) is 9.79. The van der Waals surface area contributed by atoms with Crippen LogP contribution >= 0.6 is 23.4 Å². The lowest BCUT2D eigenvalue weighted by molar-refractivity contribution is 0.0695. The van der Waals surface area contributed by atoms with Gasteiger partial charge in [-0.25, -0.2) is 4.79 Å². The second-order valence-corrected chi connectivity index (χ2v) is 5.86. The number of carboxylic acid groups (broad SMARTS) is 1. The Hall–Kier alpha value is -0.740. The SMILES string of the molecule is CC(C)c1nc2c(c(C(=O)O)c1Cl)CSCC2. The van der Waals surface area contributed by atoms with Gasteiger partial charge in [0.15, 0.2) is 0 Å². The Morgan fingerprint density at radius 2 is 2.24 bits per heavy atom. The van der Waals surface area contributed by atoms with Gasteiger partial charge < -0.3 is 5.11 Å². The van der Waals surface area contributed by atoms with E-state index < -0.39 is 5.97 Å². The normalized spacial score (nSPS) is 14.8. The van der Waals surface area contributed by atoms with E-state index in [4.69, 9.17) is 11.6 Å². The summed E-state index contributed by atoms with van der Waals surface area (Å²) in [5.74, 6) is 0.888. The molecule has 0 aromatic carbocycles. The highest BCUT2D eigenvalue weighted by Gasteiger charge is 2.25. The van der Waals surface area contributed by atoms with Crippen LogP contribution < -0.4 is 0 Å². The third-order valence-electron chi connectivity index (χ3n) is 2.84. The average molecular weight is 272 g/mol. The fourth-order valence-electron chi connectivity index (χ4n) is 1.98. The van der Waals surface area contributed by atoms with Crippen LogP contribution in [-0.2, 0) is 12.2 Å². The number of aromatic nitrogens is 1. The van der Waals surface area contributed by atoms with Crippen LogP contribution in [0.1, 0.15) is 47.1 Å². The molecule has 0 unspecified atom stereocenters. The number of hydrogen-bond donors (Lipinski definition) is 1. The molecule has 1 aromatic rings. The summed E-state index contributed by atoms with van der Waals surface area (Å²) in [7, 11) is 0. The summed E-state index contributed by atoms with van der Waals surface area (Å²) >= 11 is 7.91. The van der Waals surface area contributed by atoms with Crippen LogP contribution in [0.2, 0.25) is 5.02 Å². The molecule has 1 N–H and O–H groups in total. The van der Waals surface area contributed by atoms with Crippen LogP contribution in [0.15, 0.2) is 0 Å². The molecule has 1 aliphatic rings. The number of carboxylic acids is 1. The number of thioether (sulfide) groups is 1. The minimum absolute atomic E-state index is 0.139. The number of nitrogens with zero attached hydrogens (tertiary/aromatic N) is 1. The van der Waals surface area contributed by atoms with Gasteiger partial charge in [-0.1, -0.05) is 25.4 Å². The molecule has 92 valence electrons. The van der Waals surface area contributed by atoms with Crippen molar-refractivity contribution in [2.45, 2.75) is 31.9 Å². The smallest absolute Gasteiger partial charge is 0.337 e. The fourth-order valence-corrected chi connectivity index (χ4v) is 3.43. The van der Waals surface area contributed by atoms with Gasteiger partial charge in [-0.05, 0) is 23.7 Å². The Kier molecular flexibility index (Phi) is 3.64.